The van der Waals surface area contributed by atoms with Crippen LogP contribution in [0.3, 0.4) is 0 Å². The average molecular weight is 562 g/mol. The number of rotatable bonds is 12. The van der Waals surface area contributed by atoms with Crippen molar-refractivity contribution in [2.75, 3.05) is 25.7 Å². The van der Waals surface area contributed by atoms with Gasteiger partial charge in [0.1, 0.15) is 24.1 Å². The van der Waals surface area contributed by atoms with Crippen molar-refractivity contribution in [2.45, 2.75) is 26.6 Å². The van der Waals surface area contributed by atoms with Crippen molar-refractivity contribution in [3.63, 3.8) is 0 Å². The maximum absolute atomic E-state index is 11.7. The summed E-state index contributed by atoms with van der Waals surface area (Å²) in [7, 11) is -9.11. The predicted molar refractivity (Wildman–Crippen MR) is 124 cm³/mol. The van der Waals surface area contributed by atoms with Gasteiger partial charge < -0.3 is 34.9 Å². The van der Waals surface area contributed by atoms with Gasteiger partial charge in [0.15, 0.2) is 0 Å². The Hall–Kier alpha value is -1.26. The van der Waals surface area contributed by atoms with Gasteiger partial charge in [0.25, 0.3) is 0 Å². The molecule has 192 valence electrons. The first-order valence-electron chi connectivity index (χ1n) is 9.58. The van der Waals surface area contributed by atoms with Crippen LogP contribution in [0.2, 0.25) is 0 Å². The van der Waals surface area contributed by atoms with E-state index >= 15 is 0 Å². The van der Waals surface area contributed by atoms with Crippen LogP contribution in [0.5, 0.6) is 11.5 Å². The van der Waals surface area contributed by atoms with Gasteiger partial charge in [-0.1, -0.05) is 43.8 Å². The van der Waals surface area contributed by atoms with E-state index in [9.17, 15) is 44.0 Å². The van der Waals surface area contributed by atoms with Gasteiger partial charge in [-0.25, -0.2) is 0 Å². The number of hydrogen-bond acceptors (Lipinski definition) is 7. The molecule has 0 fully saturated rings. The molecule has 2 aromatic carbocycles. The summed E-state index contributed by atoms with van der Waals surface area (Å²) in [5.74, 6) is -0.175. The minimum absolute atomic E-state index is 0. The van der Waals surface area contributed by atoms with E-state index in [-0.39, 0.29) is 55.6 Å². The summed E-state index contributed by atoms with van der Waals surface area (Å²) in [6, 6.07) is 11.5. The summed E-state index contributed by atoms with van der Waals surface area (Å²) in [6.45, 7) is -0.951. The van der Waals surface area contributed by atoms with Crippen LogP contribution >= 0.6 is 15.2 Å². The SMILES string of the molecule is C.O=P(O)(O)CN(Cc1ccccc1O)CC(CO)N(Cc1ccccc1O)CP(=O)(O)O.[Fe+2]. The Morgan fingerprint density at radius 3 is 1.62 bits per heavy atom. The molecule has 2 aromatic rings. The smallest absolute Gasteiger partial charge is 0.508 e. The van der Waals surface area contributed by atoms with Gasteiger partial charge in [-0.2, -0.15) is 0 Å². The zero-order valence-corrected chi connectivity index (χ0v) is 20.4. The Morgan fingerprint density at radius 2 is 1.21 bits per heavy atom. The van der Waals surface area contributed by atoms with Crippen LogP contribution in [0, 0.1) is 0 Å². The number of aliphatic hydroxyl groups is 1. The molecular formula is C20H32FeN2O9P2+2. The molecule has 11 nitrogen and oxygen atoms in total. The van der Waals surface area contributed by atoms with E-state index in [1.165, 1.54) is 21.9 Å². The third kappa shape index (κ3) is 11.4. The summed E-state index contributed by atoms with van der Waals surface area (Å²) in [6.07, 6.45) is -1.44. The van der Waals surface area contributed by atoms with Crippen LogP contribution in [0.15, 0.2) is 48.5 Å². The zero-order chi connectivity index (χ0) is 23.9. The van der Waals surface area contributed by atoms with Crippen LogP contribution in [-0.2, 0) is 39.3 Å². The number of benzene rings is 2. The molecule has 0 aliphatic carbocycles. The van der Waals surface area contributed by atoms with Crippen molar-refractivity contribution in [3.05, 3.63) is 59.7 Å². The maximum Gasteiger partial charge on any atom is 2.00 e. The fourth-order valence-electron chi connectivity index (χ4n) is 3.30. The molecule has 0 aliphatic heterocycles. The molecule has 0 aromatic heterocycles. The number of phenols is 2. The van der Waals surface area contributed by atoms with Crippen LogP contribution in [-0.4, -0.2) is 76.5 Å². The van der Waals surface area contributed by atoms with Crippen molar-refractivity contribution in [3.8, 4) is 11.5 Å². The van der Waals surface area contributed by atoms with Gasteiger partial charge in [-0.15, -0.1) is 0 Å². The van der Waals surface area contributed by atoms with Crippen molar-refractivity contribution in [1.29, 1.82) is 0 Å². The van der Waals surface area contributed by atoms with Crippen LogP contribution in [0.1, 0.15) is 18.6 Å². The minimum atomic E-state index is -4.58. The standard InChI is InChI=1S/C19H28N2O9P2.CH4.Fe/c22-12-17(21(14-32(28,29)30)10-16-6-2-4-8-19(16)24)11-20(13-31(25,26)27)9-15-5-1-3-7-18(15)23;;/h1-8,17,22-24H,9-14H2,(H2,25,26,27)(H2,28,29,30);1H4;/q;;+2. The molecule has 0 saturated heterocycles. The zero-order valence-electron chi connectivity index (χ0n) is 17.5. The quantitative estimate of drug-likeness (QED) is 0.148. The van der Waals surface area contributed by atoms with Gasteiger partial charge in [0, 0.05) is 36.8 Å². The van der Waals surface area contributed by atoms with E-state index in [0.717, 1.165) is 0 Å². The molecule has 0 amide bonds. The normalized spacial score (nSPS) is 12.8. The van der Waals surface area contributed by atoms with Gasteiger partial charge in [-0.3, -0.25) is 18.9 Å². The summed E-state index contributed by atoms with van der Waals surface area (Å²) >= 11 is 0. The summed E-state index contributed by atoms with van der Waals surface area (Å²) in [5.41, 5.74) is 0.751. The fourth-order valence-corrected chi connectivity index (χ4v) is 4.84. The second kappa shape index (κ2) is 14.3. The topological polar surface area (TPSA) is 182 Å². The van der Waals surface area contributed by atoms with Gasteiger partial charge >= 0.3 is 32.3 Å². The molecule has 34 heavy (non-hydrogen) atoms. The third-order valence-electron chi connectivity index (χ3n) is 4.70. The van der Waals surface area contributed by atoms with Crippen molar-refractivity contribution in [1.82, 2.24) is 9.80 Å². The third-order valence-corrected chi connectivity index (χ3v) is 6.20. The number of hydrogen-bond donors (Lipinski definition) is 7. The molecule has 0 bridgehead atoms. The number of para-hydroxylation sites is 2. The summed E-state index contributed by atoms with van der Waals surface area (Å²) < 4.78 is 23.4. The molecule has 2 rings (SSSR count). The number of aliphatic hydroxyl groups excluding tert-OH is 1. The molecule has 1 atom stereocenters. The van der Waals surface area contributed by atoms with Gasteiger partial charge in [-0.05, 0) is 12.1 Å². The first kappa shape index (κ1) is 32.7. The largest absolute Gasteiger partial charge is 2.00 e. The molecule has 0 spiro atoms. The van der Waals surface area contributed by atoms with E-state index in [4.69, 9.17) is 0 Å². The van der Waals surface area contributed by atoms with E-state index < -0.39 is 40.4 Å². The van der Waals surface area contributed by atoms with E-state index in [0.29, 0.717) is 11.1 Å². The van der Waals surface area contributed by atoms with E-state index in [2.05, 4.69) is 0 Å². The average Bonchev–Trinajstić information content (AvgIpc) is 2.66. The van der Waals surface area contributed by atoms with Crippen molar-refractivity contribution >= 4 is 15.2 Å². The minimum Gasteiger partial charge on any atom is -0.508 e. The predicted octanol–water partition coefficient (Wildman–Crippen LogP) is 1.67. The van der Waals surface area contributed by atoms with E-state index in [1.54, 1.807) is 36.4 Å². The first-order valence-corrected chi connectivity index (χ1v) is 13.2. The number of phenolic OH excluding ortho intramolecular Hbond substituents is 2. The van der Waals surface area contributed by atoms with E-state index in [1.807, 2.05) is 0 Å². The Labute approximate surface area is 209 Å². The Morgan fingerprint density at radius 1 is 0.765 bits per heavy atom. The molecular weight excluding hydrogens is 530 g/mol. The fraction of sp³-hybridized carbons (Fsp3) is 0.400. The second-order valence-electron chi connectivity index (χ2n) is 7.46. The first-order chi connectivity index (χ1) is 14.9. The molecule has 14 heteroatoms. The van der Waals surface area contributed by atoms with Crippen LogP contribution < -0.4 is 0 Å². The molecule has 0 heterocycles. The van der Waals surface area contributed by atoms with Crippen LogP contribution in [0.25, 0.3) is 0 Å². The molecule has 0 saturated carbocycles. The maximum atomic E-state index is 11.7. The molecule has 0 aliphatic rings. The molecule has 1 unspecified atom stereocenters. The van der Waals surface area contributed by atoms with Crippen molar-refractivity contribution in [2.24, 2.45) is 0 Å². The van der Waals surface area contributed by atoms with Gasteiger partial charge in [0.05, 0.1) is 6.61 Å². The molecule has 0 radical (unpaired) electrons. The summed E-state index contributed by atoms with van der Waals surface area (Å²) in [5, 5.41) is 30.1. The Balaban J connectivity index is 0.00000544. The molecule has 7 N–H and O–H groups in total. The number of aromatic hydroxyl groups is 2. The van der Waals surface area contributed by atoms with Crippen LogP contribution in [0.4, 0.5) is 0 Å². The Bertz CT molecular complexity index is 986. The summed E-state index contributed by atoms with van der Waals surface area (Å²) in [4.78, 5) is 40.6. The Kier molecular flexibility index (Phi) is 13.8. The monoisotopic (exact) mass is 562 g/mol. The van der Waals surface area contributed by atoms with Gasteiger partial charge in [0.2, 0.25) is 0 Å². The number of nitrogens with zero attached hydrogens (tertiary/aromatic N) is 2. The van der Waals surface area contributed by atoms with Crippen molar-refractivity contribution < 1.29 is 61.1 Å². The second-order valence-corrected chi connectivity index (χ2v) is 10.7.